The number of rotatable bonds is 10. The average molecular weight is 752 g/mol. The molecule has 2 atom stereocenters. The molecule has 3 N–H and O–H groups in total. The number of hydrogen-bond acceptors (Lipinski definition) is 8. The van der Waals surface area contributed by atoms with Crippen molar-refractivity contribution in [2.75, 3.05) is 6.61 Å². The topological polar surface area (TPSA) is 146 Å². The number of ether oxygens (including phenoxy) is 1. The van der Waals surface area contributed by atoms with E-state index in [1.165, 1.54) is 23.6 Å². The molecule has 3 aliphatic rings. The number of nitrogens with two attached hydrogens (primary N) is 1. The number of nitrogens with zero attached hydrogens (tertiary/aromatic N) is 7. The Balaban J connectivity index is 0.000000715. The van der Waals surface area contributed by atoms with Crippen LogP contribution in [0.2, 0.25) is 5.02 Å². The minimum atomic E-state index is -2.75. The first-order chi connectivity index (χ1) is 25.1. The number of guanidine groups is 1. The highest BCUT2D eigenvalue weighted by Gasteiger charge is 2.42. The van der Waals surface area contributed by atoms with Crippen molar-refractivity contribution in [1.82, 2.24) is 34.8 Å². The van der Waals surface area contributed by atoms with Gasteiger partial charge in [-0.25, -0.2) is 24.1 Å². The fourth-order valence-corrected chi connectivity index (χ4v) is 5.70. The van der Waals surface area contributed by atoms with Crippen molar-refractivity contribution >= 4 is 29.6 Å². The maximum atomic E-state index is 14.0. The van der Waals surface area contributed by atoms with Crippen LogP contribution in [-0.2, 0) is 9.53 Å². The van der Waals surface area contributed by atoms with Gasteiger partial charge in [0.05, 0.1) is 23.3 Å². The van der Waals surface area contributed by atoms with Crippen LogP contribution in [0, 0.1) is 5.41 Å². The highest BCUT2D eigenvalue weighted by molar-refractivity contribution is 6.33. The second-order valence-electron chi connectivity index (χ2n) is 15.0. The molecule has 3 heterocycles. The summed E-state index contributed by atoms with van der Waals surface area (Å²) in [7, 11) is 0. The van der Waals surface area contributed by atoms with Crippen LogP contribution in [-0.4, -0.2) is 59.6 Å². The molecule has 15 heteroatoms. The second-order valence-corrected chi connectivity index (χ2v) is 15.4. The van der Waals surface area contributed by atoms with Crippen molar-refractivity contribution in [3.05, 3.63) is 77.3 Å². The van der Waals surface area contributed by atoms with Crippen molar-refractivity contribution in [3.8, 4) is 22.5 Å². The molecule has 2 aliphatic carbocycles. The van der Waals surface area contributed by atoms with Crippen LogP contribution in [0.4, 0.5) is 13.6 Å². The summed E-state index contributed by atoms with van der Waals surface area (Å²) in [4.78, 5) is 37.0. The molecule has 1 aliphatic heterocycles. The van der Waals surface area contributed by atoms with E-state index in [2.05, 4.69) is 53.2 Å². The van der Waals surface area contributed by atoms with Gasteiger partial charge in [-0.15, -0.1) is 0 Å². The summed E-state index contributed by atoms with van der Waals surface area (Å²) in [5.74, 6) is 0.134. The van der Waals surface area contributed by atoms with Crippen molar-refractivity contribution in [1.29, 1.82) is 0 Å². The molecule has 1 unspecified atom stereocenters. The normalized spacial score (nSPS) is 18.0. The molecule has 284 valence electrons. The molecule has 4 aromatic rings. The van der Waals surface area contributed by atoms with Crippen molar-refractivity contribution in [3.63, 3.8) is 0 Å². The Kier molecular flexibility index (Phi) is 11.9. The Morgan fingerprint density at radius 2 is 1.74 bits per heavy atom. The van der Waals surface area contributed by atoms with E-state index >= 15 is 0 Å². The van der Waals surface area contributed by atoms with Crippen LogP contribution in [0.5, 0.6) is 0 Å². The van der Waals surface area contributed by atoms with Crippen LogP contribution in [0.15, 0.2) is 66.2 Å². The number of carbonyl (C=O) groups is 2. The third-order valence-electron chi connectivity index (χ3n) is 8.51. The third-order valence-corrected chi connectivity index (χ3v) is 8.84. The summed E-state index contributed by atoms with van der Waals surface area (Å²) in [5.41, 5.74) is 9.52. The number of alkyl halides is 2. The van der Waals surface area contributed by atoms with E-state index in [4.69, 9.17) is 22.1 Å². The number of carbonyl (C=O) groups excluding carboxylic acids is 2. The minimum absolute atomic E-state index is 0.0434. The SMILES string of the molecule is CC.CC(C)(C)C.CC1(NC(=O)OC[C@H](c2ccc(Cl)c(-c3ncnn3C3CC3)c2)N2C(=O)C(c3ccc(-c4cnn(C(F)F)c4)cc3)N=C2N)CC1. The molecule has 0 spiro atoms. The highest BCUT2D eigenvalue weighted by Crippen LogP contribution is 2.40. The quantitative estimate of drug-likeness (QED) is 0.165. The van der Waals surface area contributed by atoms with Crippen molar-refractivity contribution < 1.29 is 23.1 Å². The minimum Gasteiger partial charge on any atom is -0.447 e. The molecule has 2 fully saturated rings. The molecular formula is C38H48ClF2N9O3. The van der Waals surface area contributed by atoms with Crippen LogP contribution in [0.1, 0.15) is 110 Å². The summed E-state index contributed by atoms with van der Waals surface area (Å²) in [6, 6.07) is 10.5. The molecule has 53 heavy (non-hydrogen) atoms. The van der Waals surface area contributed by atoms with Gasteiger partial charge in [-0.3, -0.25) is 9.69 Å². The average Bonchev–Trinajstić information content (AvgIpc) is 3.91. The Bertz CT molecular complexity index is 1920. The number of benzene rings is 2. The van der Waals surface area contributed by atoms with Gasteiger partial charge in [-0.1, -0.05) is 83.5 Å². The van der Waals surface area contributed by atoms with E-state index in [1.807, 2.05) is 31.5 Å². The predicted molar refractivity (Wildman–Crippen MR) is 200 cm³/mol. The number of hydrogen-bond donors (Lipinski definition) is 2. The lowest BCUT2D eigenvalue weighted by atomic mass is 10.00. The first kappa shape index (κ1) is 39.4. The van der Waals surface area contributed by atoms with E-state index < -0.39 is 30.6 Å². The summed E-state index contributed by atoms with van der Waals surface area (Å²) in [6.07, 6.45) is 7.17. The largest absolute Gasteiger partial charge is 0.447 e. The number of halogens is 3. The Hall–Kier alpha value is -4.85. The van der Waals surface area contributed by atoms with Gasteiger partial charge >= 0.3 is 12.6 Å². The van der Waals surface area contributed by atoms with Gasteiger partial charge in [0.2, 0.25) is 0 Å². The predicted octanol–water partition coefficient (Wildman–Crippen LogP) is 8.49. The first-order valence-electron chi connectivity index (χ1n) is 17.8. The first-order valence-corrected chi connectivity index (χ1v) is 18.2. The Labute approximate surface area is 313 Å². The lowest BCUT2D eigenvalue weighted by Crippen LogP contribution is -2.44. The van der Waals surface area contributed by atoms with Crippen LogP contribution < -0.4 is 11.1 Å². The molecule has 0 radical (unpaired) electrons. The van der Waals surface area contributed by atoms with Crippen LogP contribution in [0.3, 0.4) is 0 Å². The highest BCUT2D eigenvalue weighted by atomic mass is 35.5. The van der Waals surface area contributed by atoms with Crippen LogP contribution >= 0.6 is 11.6 Å². The van der Waals surface area contributed by atoms with Gasteiger partial charge < -0.3 is 15.8 Å². The van der Waals surface area contributed by atoms with Gasteiger partial charge in [0.1, 0.15) is 12.9 Å². The lowest BCUT2D eigenvalue weighted by molar-refractivity contribution is -0.129. The third kappa shape index (κ3) is 9.78. The number of aliphatic imine (C=N–C) groups is 1. The van der Waals surface area contributed by atoms with Crippen molar-refractivity contribution in [2.45, 2.75) is 104 Å². The van der Waals surface area contributed by atoms with Gasteiger partial charge in [-0.2, -0.15) is 19.0 Å². The molecular weight excluding hydrogens is 704 g/mol. The lowest BCUT2D eigenvalue weighted by Gasteiger charge is -2.29. The molecule has 2 aromatic carbocycles. The van der Waals surface area contributed by atoms with E-state index in [9.17, 15) is 18.4 Å². The second kappa shape index (κ2) is 16.0. The van der Waals surface area contributed by atoms with E-state index in [0.717, 1.165) is 25.7 Å². The molecule has 2 saturated carbocycles. The number of amides is 2. The molecule has 12 nitrogen and oxygen atoms in total. The molecule has 2 amide bonds. The molecule has 2 aromatic heterocycles. The number of aromatic nitrogens is 5. The monoisotopic (exact) mass is 751 g/mol. The number of alkyl carbamates (subject to hydrolysis) is 1. The standard InChI is InChI=1S/C31H30ClF2N9O3.C5H12.C2H6/c1-31(10-11-31)40-30(45)46-15-24(19-6-9-23(32)22(12-19)26-36-16-38-43(26)21-7-8-21)42-27(44)25(39-29(42)35)18-4-2-17(3-5-18)20-13-37-41(14-20)28(33)34;1-5(2,3)4;1-2/h2-6,9,12-14,16,21,24-25,28H,7-8,10-11,15H2,1H3,(H2,35,39)(H,40,45);1-4H3;1-2H3/t24-,25?;;/m1../s1. The Morgan fingerprint density at radius 1 is 1.08 bits per heavy atom. The van der Waals surface area contributed by atoms with E-state index in [-0.39, 0.29) is 24.1 Å². The molecule has 7 rings (SSSR count). The van der Waals surface area contributed by atoms with Gasteiger partial charge in [0.25, 0.3) is 5.91 Å². The summed E-state index contributed by atoms with van der Waals surface area (Å²) < 4.78 is 34.1. The van der Waals surface area contributed by atoms with Crippen LogP contribution in [0.25, 0.3) is 22.5 Å². The van der Waals surface area contributed by atoms with Gasteiger partial charge in [0.15, 0.2) is 17.8 Å². The van der Waals surface area contributed by atoms with Gasteiger partial charge in [-0.05, 0) is 66.8 Å². The summed E-state index contributed by atoms with van der Waals surface area (Å²) >= 11 is 6.64. The summed E-state index contributed by atoms with van der Waals surface area (Å²) in [6.45, 7) is 11.7. The number of nitrogens with one attached hydrogen (secondary N) is 1. The van der Waals surface area contributed by atoms with Gasteiger partial charge in [0, 0.05) is 22.9 Å². The zero-order valence-electron chi connectivity index (χ0n) is 31.2. The van der Waals surface area contributed by atoms with Crippen molar-refractivity contribution in [2.24, 2.45) is 16.1 Å². The van der Waals surface area contributed by atoms with E-state index in [1.54, 1.807) is 36.4 Å². The fraction of sp³-hybridized carbons (Fsp3) is 0.474. The zero-order valence-corrected chi connectivity index (χ0v) is 31.9. The summed E-state index contributed by atoms with van der Waals surface area (Å²) in [5, 5.41) is 11.4. The maximum Gasteiger partial charge on any atom is 0.407 e. The zero-order chi connectivity index (χ0) is 38.7. The molecule has 0 bridgehead atoms. The van der Waals surface area contributed by atoms with E-state index in [0.29, 0.717) is 48.8 Å². The Morgan fingerprint density at radius 3 is 2.32 bits per heavy atom. The fourth-order valence-electron chi connectivity index (χ4n) is 5.50. The molecule has 0 saturated heterocycles. The maximum absolute atomic E-state index is 14.0. The smallest absolute Gasteiger partial charge is 0.407 e.